The number of carbonyl (C=O) groups excluding carboxylic acids is 2. The van der Waals surface area contributed by atoms with E-state index in [0.29, 0.717) is 12.3 Å². The van der Waals surface area contributed by atoms with Crippen molar-refractivity contribution in [3.8, 4) is 5.75 Å². The van der Waals surface area contributed by atoms with Gasteiger partial charge in [0.2, 0.25) is 5.91 Å². The van der Waals surface area contributed by atoms with Crippen molar-refractivity contribution in [1.29, 1.82) is 0 Å². The first-order chi connectivity index (χ1) is 16.2. The van der Waals surface area contributed by atoms with Gasteiger partial charge in [0.25, 0.3) is 5.91 Å². The Morgan fingerprint density at radius 1 is 0.909 bits per heavy atom. The highest BCUT2D eigenvalue weighted by Gasteiger charge is 2.60. The highest BCUT2D eigenvalue weighted by molar-refractivity contribution is 7.10. The molecule has 2 aliphatic heterocycles. The van der Waals surface area contributed by atoms with Crippen LogP contribution in [0.4, 0.5) is 11.4 Å². The zero-order valence-electron chi connectivity index (χ0n) is 18.4. The van der Waals surface area contributed by atoms with E-state index in [-0.39, 0.29) is 17.9 Å². The molecule has 3 heterocycles. The van der Waals surface area contributed by atoms with Gasteiger partial charge in [0, 0.05) is 4.88 Å². The van der Waals surface area contributed by atoms with Gasteiger partial charge in [-0.15, -0.1) is 11.3 Å². The van der Waals surface area contributed by atoms with Gasteiger partial charge >= 0.3 is 0 Å². The molecule has 0 spiro atoms. The van der Waals surface area contributed by atoms with Crippen LogP contribution < -0.4 is 14.7 Å². The van der Waals surface area contributed by atoms with Crippen molar-refractivity contribution in [1.82, 2.24) is 0 Å². The number of nitrogens with zero attached hydrogens (tertiary/aromatic N) is 2. The first-order valence-electron chi connectivity index (χ1n) is 11.3. The maximum Gasteiger partial charge on any atom is 0.266 e. The Kier molecular flexibility index (Phi) is 6.15. The van der Waals surface area contributed by atoms with Gasteiger partial charge in [-0.1, -0.05) is 44.0 Å². The van der Waals surface area contributed by atoms with Gasteiger partial charge in [-0.2, -0.15) is 0 Å². The summed E-state index contributed by atoms with van der Waals surface area (Å²) in [6, 6.07) is 20.3. The second kappa shape index (κ2) is 9.37. The number of hydrogen-bond acceptors (Lipinski definition) is 6. The van der Waals surface area contributed by atoms with E-state index in [1.807, 2.05) is 60.0 Å². The molecule has 0 unspecified atom stereocenters. The number of ether oxygens (including phenoxy) is 1. The number of anilines is 2. The third kappa shape index (κ3) is 4.03. The molecule has 2 saturated heterocycles. The highest BCUT2D eigenvalue weighted by atomic mass is 32.1. The van der Waals surface area contributed by atoms with Crippen molar-refractivity contribution < 1.29 is 19.2 Å². The SMILES string of the molecule is CCCCCOc1ccc(N2C(=O)[C@@H]3[C@@H](ON(c4ccccc4)[C@H]3c3cccs3)C2=O)cc1. The lowest BCUT2D eigenvalue weighted by atomic mass is 9.95. The van der Waals surface area contributed by atoms with Gasteiger partial charge in [-0.3, -0.25) is 14.4 Å². The summed E-state index contributed by atoms with van der Waals surface area (Å²) >= 11 is 1.56. The van der Waals surface area contributed by atoms with Crippen LogP contribution in [0.2, 0.25) is 0 Å². The Bertz CT molecular complexity index is 1100. The molecule has 6 nitrogen and oxygen atoms in total. The van der Waals surface area contributed by atoms with Crippen LogP contribution in [0.1, 0.15) is 37.1 Å². The zero-order chi connectivity index (χ0) is 22.8. The lowest BCUT2D eigenvalue weighted by Gasteiger charge is -2.27. The Morgan fingerprint density at radius 3 is 2.39 bits per heavy atom. The van der Waals surface area contributed by atoms with Crippen molar-refractivity contribution in [3.05, 3.63) is 77.0 Å². The fraction of sp³-hybridized carbons (Fsp3) is 0.308. The number of fused-ring (bicyclic) bond motifs is 1. The summed E-state index contributed by atoms with van der Waals surface area (Å²) < 4.78 is 5.76. The molecule has 2 amide bonds. The van der Waals surface area contributed by atoms with Gasteiger partial charge in [-0.25, -0.2) is 9.96 Å². The van der Waals surface area contributed by atoms with Crippen LogP contribution in [0.3, 0.4) is 0 Å². The molecule has 7 heteroatoms. The molecular weight excluding hydrogens is 436 g/mol. The number of unbranched alkanes of at least 4 members (excludes halogenated alkanes) is 2. The average molecular weight is 463 g/mol. The van der Waals surface area contributed by atoms with E-state index in [0.717, 1.165) is 35.6 Å². The Morgan fingerprint density at radius 2 is 1.70 bits per heavy atom. The number of benzene rings is 2. The molecule has 2 aliphatic rings. The third-order valence-corrected chi connectivity index (χ3v) is 7.02. The molecule has 5 rings (SSSR count). The maximum absolute atomic E-state index is 13.6. The normalized spacial score (nSPS) is 22.2. The topological polar surface area (TPSA) is 59.1 Å². The summed E-state index contributed by atoms with van der Waals surface area (Å²) in [6.07, 6.45) is 2.42. The molecule has 33 heavy (non-hydrogen) atoms. The summed E-state index contributed by atoms with van der Waals surface area (Å²) in [7, 11) is 0. The molecule has 0 saturated carbocycles. The van der Waals surface area contributed by atoms with Crippen LogP contribution in [-0.2, 0) is 14.4 Å². The fourth-order valence-corrected chi connectivity index (χ4v) is 5.30. The van der Waals surface area contributed by atoms with Gasteiger partial charge < -0.3 is 4.74 Å². The fourth-order valence-electron chi connectivity index (χ4n) is 4.45. The van der Waals surface area contributed by atoms with Crippen molar-refractivity contribution in [2.24, 2.45) is 5.92 Å². The van der Waals surface area contributed by atoms with Crippen LogP contribution >= 0.6 is 11.3 Å². The summed E-state index contributed by atoms with van der Waals surface area (Å²) in [5, 5.41) is 3.70. The van der Waals surface area contributed by atoms with Gasteiger partial charge in [0.15, 0.2) is 6.10 Å². The van der Waals surface area contributed by atoms with E-state index >= 15 is 0 Å². The molecule has 0 radical (unpaired) electrons. The number of rotatable bonds is 8. The van der Waals surface area contributed by atoms with Crippen LogP contribution in [0.5, 0.6) is 5.75 Å². The Hall–Kier alpha value is -3.16. The molecule has 0 bridgehead atoms. The van der Waals surface area contributed by atoms with Crippen LogP contribution in [0, 0.1) is 5.92 Å². The van der Waals surface area contributed by atoms with Crippen molar-refractivity contribution in [2.75, 3.05) is 16.6 Å². The van der Waals surface area contributed by atoms with Crippen molar-refractivity contribution in [2.45, 2.75) is 38.3 Å². The molecular formula is C26H26N2O4S. The minimum Gasteiger partial charge on any atom is -0.494 e. The Balaban J connectivity index is 1.39. The molecule has 2 aromatic carbocycles. The first-order valence-corrected chi connectivity index (χ1v) is 12.2. The predicted octanol–water partition coefficient (Wildman–Crippen LogP) is 5.37. The smallest absolute Gasteiger partial charge is 0.266 e. The predicted molar refractivity (Wildman–Crippen MR) is 128 cm³/mol. The van der Waals surface area contributed by atoms with Gasteiger partial charge in [0.05, 0.1) is 18.0 Å². The number of carbonyl (C=O) groups is 2. The van der Waals surface area contributed by atoms with Crippen LogP contribution in [-0.4, -0.2) is 24.5 Å². The number of para-hydroxylation sites is 1. The lowest BCUT2D eigenvalue weighted by molar-refractivity contribution is -0.126. The largest absolute Gasteiger partial charge is 0.494 e. The van der Waals surface area contributed by atoms with Crippen LogP contribution in [0.15, 0.2) is 72.1 Å². The summed E-state index contributed by atoms with van der Waals surface area (Å²) in [4.78, 5) is 35.3. The Labute approximate surface area is 197 Å². The van der Waals surface area contributed by atoms with E-state index in [4.69, 9.17) is 9.57 Å². The van der Waals surface area contributed by atoms with Crippen LogP contribution in [0.25, 0.3) is 0 Å². The van der Waals surface area contributed by atoms with Crippen molar-refractivity contribution in [3.63, 3.8) is 0 Å². The molecule has 3 aromatic rings. The minimum absolute atomic E-state index is 0.238. The first kappa shape index (κ1) is 21.7. The molecule has 170 valence electrons. The van der Waals surface area contributed by atoms with E-state index < -0.39 is 12.0 Å². The molecule has 0 N–H and O–H groups in total. The van der Waals surface area contributed by atoms with E-state index in [9.17, 15) is 9.59 Å². The molecule has 2 fully saturated rings. The molecule has 1 aromatic heterocycles. The van der Waals surface area contributed by atoms with E-state index in [1.165, 1.54) is 4.90 Å². The average Bonchev–Trinajstić information content (AvgIpc) is 3.55. The van der Waals surface area contributed by atoms with Gasteiger partial charge in [0.1, 0.15) is 17.7 Å². The number of hydrogen-bond donors (Lipinski definition) is 0. The number of amides is 2. The van der Waals surface area contributed by atoms with E-state index in [1.54, 1.807) is 28.5 Å². The minimum atomic E-state index is -0.852. The number of imide groups is 1. The second-order valence-corrected chi connectivity index (χ2v) is 9.21. The highest BCUT2D eigenvalue weighted by Crippen LogP contribution is 2.48. The monoisotopic (exact) mass is 462 g/mol. The summed E-state index contributed by atoms with van der Waals surface area (Å²) in [5.74, 6) is -0.446. The molecule has 3 atom stereocenters. The number of hydroxylamine groups is 1. The number of thiophene rings is 1. The standard InChI is InChI=1S/C26H26N2O4S/c1-2-3-7-16-31-20-14-12-18(13-15-20)27-25(29)22-23(21-11-8-17-33-21)28(32-24(22)26(27)30)19-9-5-4-6-10-19/h4-6,8-15,17,22-24H,2-3,7,16H2,1H3/t22-,23-,24+/m0/s1. The summed E-state index contributed by atoms with van der Waals surface area (Å²) in [6.45, 7) is 2.81. The maximum atomic E-state index is 13.6. The lowest BCUT2D eigenvalue weighted by Crippen LogP contribution is -2.37. The third-order valence-electron chi connectivity index (χ3n) is 6.07. The zero-order valence-corrected chi connectivity index (χ0v) is 19.2. The van der Waals surface area contributed by atoms with Gasteiger partial charge in [-0.05, 0) is 54.3 Å². The molecule has 0 aliphatic carbocycles. The summed E-state index contributed by atoms with van der Waals surface area (Å²) in [5.41, 5.74) is 1.36. The quantitative estimate of drug-likeness (QED) is 0.333. The van der Waals surface area contributed by atoms with E-state index in [2.05, 4.69) is 6.92 Å². The van der Waals surface area contributed by atoms with Crippen molar-refractivity contribution >= 4 is 34.5 Å². The second-order valence-electron chi connectivity index (χ2n) is 8.23.